The van der Waals surface area contributed by atoms with E-state index >= 15 is 0 Å². The molecule has 2 amide bonds. The molecular formula is C13H12N6O4. The zero-order chi connectivity index (χ0) is 16.6. The van der Waals surface area contributed by atoms with Crippen molar-refractivity contribution >= 4 is 29.1 Å². The summed E-state index contributed by atoms with van der Waals surface area (Å²) in [5, 5.41) is 19.9. The fourth-order valence-corrected chi connectivity index (χ4v) is 2.32. The Hall–Kier alpha value is -3.30. The molecule has 0 aliphatic carbocycles. The number of amides is 2. The minimum atomic E-state index is -0.784. The van der Waals surface area contributed by atoms with Gasteiger partial charge in [0.25, 0.3) is 11.6 Å². The number of fused-ring (bicyclic) bond motifs is 1. The molecule has 2 heterocycles. The molecule has 23 heavy (non-hydrogen) atoms. The molecular weight excluding hydrogens is 304 g/mol. The van der Waals surface area contributed by atoms with Crippen molar-refractivity contribution in [2.24, 2.45) is 0 Å². The van der Waals surface area contributed by atoms with Crippen LogP contribution in [0.1, 0.15) is 18.0 Å². The molecule has 0 saturated carbocycles. The quantitative estimate of drug-likeness (QED) is 0.639. The predicted octanol–water partition coefficient (Wildman–Crippen LogP) is 1.02. The fraction of sp³-hybridized carbons (Fsp3) is 0.231. The molecule has 1 aliphatic rings. The lowest BCUT2D eigenvalue weighted by Gasteiger charge is -2.10. The number of nitrogens with one attached hydrogen (secondary N) is 2. The number of nitro groups is 1. The zero-order valence-corrected chi connectivity index (χ0v) is 12.0. The molecule has 0 radical (unpaired) electrons. The van der Waals surface area contributed by atoms with Gasteiger partial charge in [0.1, 0.15) is 12.4 Å². The van der Waals surface area contributed by atoms with Crippen molar-refractivity contribution in [2.45, 2.75) is 19.4 Å². The molecule has 10 heteroatoms. The molecule has 118 valence electrons. The molecule has 1 aliphatic heterocycles. The number of hydrogen-bond acceptors (Lipinski definition) is 6. The Morgan fingerprint density at radius 2 is 2.30 bits per heavy atom. The largest absolute Gasteiger partial charge is 0.326 e. The standard InChI is InChI=1S/C13H12N6O4/c1-7-2-3-8(4-9(7)19(22)23)16-11(20)5-10-12(21)17-13-14-6-15-18(10)13/h2-4,6,10H,5H2,1H3,(H,16,20)(H,14,15,17,21). The van der Waals surface area contributed by atoms with E-state index in [0.717, 1.165) is 0 Å². The van der Waals surface area contributed by atoms with Gasteiger partial charge in [0.15, 0.2) is 0 Å². The van der Waals surface area contributed by atoms with E-state index in [1.165, 1.54) is 17.1 Å². The molecule has 10 nitrogen and oxygen atoms in total. The number of rotatable bonds is 4. The van der Waals surface area contributed by atoms with Gasteiger partial charge in [-0.3, -0.25) is 25.0 Å². The van der Waals surface area contributed by atoms with E-state index in [9.17, 15) is 19.7 Å². The van der Waals surface area contributed by atoms with Crippen molar-refractivity contribution in [1.29, 1.82) is 0 Å². The number of aryl methyl sites for hydroxylation is 1. The third kappa shape index (κ3) is 2.73. The van der Waals surface area contributed by atoms with Crippen LogP contribution < -0.4 is 10.6 Å². The normalized spacial score (nSPS) is 15.9. The Balaban J connectivity index is 1.72. The van der Waals surface area contributed by atoms with Gasteiger partial charge < -0.3 is 5.32 Å². The first-order chi connectivity index (χ1) is 11.0. The van der Waals surface area contributed by atoms with Crippen LogP contribution in [0.5, 0.6) is 0 Å². The molecule has 1 aromatic carbocycles. The zero-order valence-electron chi connectivity index (χ0n) is 12.0. The number of nitro benzene ring substituents is 1. The van der Waals surface area contributed by atoms with Crippen LogP contribution in [0.4, 0.5) is 17.3 Å². The maximum absolute atomic E-state index is 12.1. The summed E-state index contributed by atoms with van der Waals surface area (Å²) in [6, 6.07) is 3.61. The molecule has 0 spiro atoms. The van der Waals surface area contributed by atoms with Crippen LogP contribution in [0.2, 0.25) is 0 Å². The lowest BCUT2D eigenvalue weighted by Crippen LogP contribution is -2.23. The van der Waals surface area contributed by atoms with E-state index in [2.05, 4.69) is 20.7 Å². The summed E-state index contributed by atoms with van der Waals surface area (Å²) in [7, 11) is 0. The van der Waals surface area contributed by atoms with E-state index in [0.29, 0.717) is 17.2 Å². The van der Waals surface area contributed by atoms with Crippen molar-refractivity contribution < 1.29 is 14.5 Å². The SMILES string of the molecule is Cc1ccc(NC(=O)CC2C(=O)Nc3ncnn32)cc1[N+](=O)[O-]. The monoisotopic (exact) mass is 316 g/mol. The molecule has 0 saturated heterocycles. The van der Waals surface area contributed by atoms with Gasteiger partial charge in [0.2, 0.25) is 11.9 Å². The highest BCUT2D eigenvalue weighted by Gasteiger charge is 2.33. The van der Waals surface area contributed by atoms with Gasteiger partial charge in [-0.25, -0.2) is 4.68 Å². The van der Waals surface area contributed by atoms with Gasteiger partial charge in [0.05, 0.1) is 11.3 Å². The first-order valence-electron chi connectivity index (χ1n) is 6.71. The number of benzene rings is 1. The number of anilines is 2. The maximum Gasteiger partial charge on any atom is 0.274 e. The van der Waals surface area contributed by atoms with E-state index in [1.807, 2.05) is 0 Å². The van der Waals surface area contributed by atoms with Gasteiger partial charge in [-0.2, -0.15) is 10.1 Å². The summed E-state index contributed by atoms with van der Waals surface area (Å²) in [6.07, 6.45) is 1.13. The molecule has 2 aromatic rings. The number of nitrogens with zero attached hydrogens (tertiary/aromatic N) is 4. The summed E-state index contributed by atoms with van der Waals surface area (Å²) in [5.74, 6) is -0.531. The van der Waals surface area contributed by atoms with Gasteiger partial charge in [-0.05, 0) is 13.0 Å². The lowest BCUT2D eigenvalue weighted by atomic mass is 10.1. The van der Waals surface area contributed by atoms with E-state index in [1.54, 1.807) is 19.1 Å². The predicted molar refractivity (Wildman–Crippen MR) is 78.8 cm³/mol. The van der Waals surface area contributed by atoms with Gasteiger partial charge in [0, 0.05) is 17.3 Å². The molecule has 2 N–H and O–H groups in total. The van der Waals surface area contributed by atoms with Crippen molar-refractivity contribution in [2.75, 3.05) is 10.6 Å². The molecule has 1 unspecified atom stereocenters. The third-order valence-corrected chi connectivity index (χ3v) is 3.47. The first kappa shape index (κ1) is 14.6. The molecule has 1 aromatic heterocycles. The van der Waals surface area contributed by atoms with E-state index in [4.69, 9.17) is 0 Å². The summed E-state index contributed by atoms with van der Waals surface area (Å²) >= 11 is 0. The van der Waals surface area contributed by atoms with Crippen LogP contribution in [0.15, 0.2) is 24.5 Å². The lowest BCUT2D eigenvalue weighted by molar-refractivity contribution is -0.385. The molecule has 1 atom stereocenters. The first-order valence-corrected chi connectivity index (χ1v) is 6.71. The minimum Gasteiger partial charge on any atom is -0.326 e. The molecule has 3 rings (SSSR count). The van der Waals surface area contributed by atoms with Gasteiger partial charge in [-0.1, -0.05) is 6.07 Å². The number of hydrogen-bond donors (Lipinski definition) is 2. The smallest absolute Gasteiger partial charge is 0.274 e. The Morgan fingerprint density at radius 1 is 1.52 bits per heavy atom. The minimum absolute atomic E-state index is 0.0834. The Morgan fingerprint density at radius 3 is 3.04 bits per heavy atom. The average molecular weight is 316 g/mol. The Bertz CT molecular complexity index is 815. The summed E-state index contributed by atoms with van der Waals surface area (Å²) in [6.45, 7) is 1.61. The van der Waals surface area contributed by atoms with Gasteiger partial charge >= 0.3 is 0 Å². The van der Waals surface area contributed by atoms with Crippen LogP contribution in [0, 0.1) is 17.0 Å². The van der Waals surface area contributed by atoms with Gasteiger partial charge in [-0.15, -0.1) is 0 Å². The topological polar surface area (TPSA) is 132 Å². The Labute approximate surface area is 129 Å². The number of carbonyl (C=O) groups excluding carboxylic acids is 2. The van der Waals surface area contributed by atoms with E-state index < -0.39 is 16.9 Å². The van der Waals surface area contributed by atoms with Crippen LogP contribution in [0.3, 0.4) is 0 Å². The second-order valence-electron chi connectivity index (χ2n) is 5.04. The number of aromatic nitrogens is 3. The highest BCUT2D eigenvalue weighted by molar-refractivity contribution is 6.00. The van der Waals surface area contributed by atoms with Crippen LogP contribution in [-0.2, 0) is 9.59 Å². The maximum atomic E-state index is 12.1. The Kier molecular flexibility index (Phi) is 3.48. The van der Waals surface area contributed by atoms with Crippen molar-refractivity contribution in [3.05, 3.63) is 40.2 Å². The third-order valence-electron chi connectivity index (χ3n) is 3.47. The second kappa shape index (κ2) is 5.48. The fourth-order valence-electron chi connectivity index (χ4n) is 2.32. The van der Waals surface area contributed by atoms with Crippen molar-refractivity contribution in [1.82, 2.24) is 14.8 Å². The van der Waals surface area contributed by atoms with Crippen molar-refractivity contribution in [3.8, 4) is 0 Å². The van der Waals surface area contributed by atoms with E-state index in [-0.39, 0.29) is 18.0 Å². The summed E-state index contributed by atoms with van der Waals surface area (Å²) in [4.78, 5) is 38.1. The van der Waals surface area contributed by atoms with Crippen LogP contribution in [0.25, 0.3) is 0 Å². The van der Waals surface area contributed by atoms with Crippen molar-refractivity contribution in [3.63, 3.8) is 0 Å². The number of carbonyl (C=O) groups is 2. The van der Waals surface area contributed by atoms with Crippen LogP contribution in [-0.4, -0.2) is 31.5 Å². The summed E-state index contributed by atoms with van der Waals surface area (Å²) < 4.78 is 1.33. The second-order valence-corrected chi connectivity index (χ2v) is 5.04. The average Bonchev–Trinajstić information content (AvgIpc) is 3.04. The molecule has 0 bridgehead atoms. The highest BCUT2D eigenvalue weighted by Crippen LogP contribution is 2.25. The molecule has 0 fully saturated rings. The van der Waals surface area contributed by atoms with Crippen LogP contribution >= 0.6 is 0 Å². The highest BCUT2D eigenvalue weighted by atomic mass is 16.6. The summed E-state index contributed by atoms with van der Waals surface area (Å²) in [5.41, 5.74) is 0.708.